The zero-order valence-corrected chi connectivity index (χ0v) is 15.2. The molecule has 134 valence electrons. The van der Waals surface area contributed by atoms with Crippen LogP contribution in [0.15, 0.2) is 38.6 Å². The van der Waals surface area contributed by atoms with Crippen molar-refractivity contribution < 1.29 is 23.8 Å². The first-order valence-corrected chi connectivity index (χ1v) is 8.70. The summed E-state index contributed by atoms with van der Waals surface area (Å²) in [6.45, 7) is -0.0130. The van der Waals surface area contributed by atoms with Crippen molar-refractivity contribution in [1.82, 2.24) is 4.90 Å². The van der Waals surface area contributed by atoms with Crippen LogP contribution in [0.1, 0.15) is 12.0 Å². The van der Waals surface area contributed by atoms with Gasteiger partial charge in [-0.2, -0.15) is 0 Å². The van der Waals surface area contributed by atoms with Crippen molar-refractivity contribution in [1.29, 1.82) is 0 Å². The molecule has 0 radical (unpaired) electrons. The summed E-state index contributed by atoms with van der Waals surface area (Å²) in [6.07, 6.45) is 2.48. The molecule has 1 amide bonds. The summed E-state index contributed by atoms with van der Waals surface area (Å²) in [4.78, 5) is 37.2. The Kier molecular flexibility index (Phi) is 5.10. The lowest BCUT2D eigenvalue weighted by molar-refractivity contribution is -0.137. The van der Waals surface area contributed by atoms with E-state index in [1.807, 2.05) is 0 Å². The van der Waals surface area contributed by atoms with Gasteiger partial charge in [-0.3, -0.25) is 19.3 Å². The third-order valence-corrected chi connectivity index (χ3v) is 5.09. The number of carboxylic acids is 1. The molecule has 1 fully saturated rings. The van der Waals surface area contributed by atoms with E-state index < -0.39 is 11.9 Å². The fraction of sp³-hybridized carbons (Fsp3) is 0.176. The molecule has 1 aromatic carbocycles. The average molecular weight is 391 g/mol. The molecule has 26 heavy (non-hydrogen) atoms. The monoisotopic (exact) mass is 391 g/mol. The summed E-state index contributed by atoms with van der Waals surface area (Å²) in [6, 6.07) is 4.87. The van der Waals surface area contributed by atoms with E-state index in [0.717, 1.165) is 11.8 Å². The van der Waals surface area contributed by atoms with Gasteiger partial charge >= 0.3 is 5.97 Å². The minimum absolute atomic E-state index is 0.0130. The summed E-state index contributed by atoms with van der Waals surface area (Å²) in [5.41, 5.74) is 0.299. The number of nitrogens with zero attached hydrogens (tertiary/aromatic N) is 1. The van der Waals surface area contributed by atoms with E-state index in [1.165, 1.54) is 24.3 Å². The zero-order chi connectivity index (χ0) is 18.8. The SMILES string of the molecule is COc1ccc2occ(/C=C3\SC(=S)N(CCC(=O)O)C3=O)c(=O)c2c1. The largest absolute Gasteiger partial charge is 0.497 e. The van der Waals surface area contributed by atoms with Gasteiger partial charge in [0.2, 0.25) is 0 Å². The van der Waals surface area contributed by atoms with Crippen LogP contribution in [0.25, 0.3) is 17.0 Å². The molecular weight excluding hydrogens is 378 g/mol. The number of ether oxygens (including phenoxy) is 1. The maximum Gasteiger partial charge on any atom is 0.305 e. The Morgan fingerprint density at radius 2 is 2.19 bits per heavy atom. The van der Waals surface area contributed by atoms with Crippen LogP contribution in [0.3, 0.4) is 0 Å². The topological polar surface area (TPSA) is 97.0 Å². The highest BCUT2D eigenvalue weighted by Gasteiger charge is 2.32. The zero-order valence-electron chi connectivity index (χ0n) is 13.6. The number of aliphatic carboxylic acids is 1. The summed E-state index contributed by atoms with van der Waals surface area (Å²) < 4.78 is 10.8. The van der Waals surface area contributed by atoms with Crippen molar-refractivity contribution in [2.75, 3.05) is 13.7 Å². The number of carbonyl (C=O) groups is 2. The molecule has 1 aromatic heterocycles. The molecule has 0 bridgehead atoms. The third-order valence-electron chi connectivity index (χ3n) is 3.72. The number of thioether (sulfide) groups is 1. The second kappa shape index (κ2) is 7.30. The van der Waals surface area contributed by atoms with Crippen LogP contribution < -0.4 is 10.2 Å². The van der Waals surface area contributed by atoms with Gasteiger partial charge in [0.25, 0.3) is 5.91 Å². The number of amides is 1. The lowest BCUT2D eigenvalue weighted by atomic mass is 10.1. The molecule has 0 saturated carbocycles. The van der Waals surface area contributed by atoms with Crippen LogP contribution >= 0.6 is 24.0 Å². The van der Waals surface area contributed by atoms with Crippen molar-refractivity contribution >= 4 is 57.2 Å². The quantitative estimate of drug-likeness (QED) is 0.613. The number of carboxylic acid groups (broad SMARTS) is 1. The van der Waals surface area contributed by atoms with Crippen LogP contribution in [0.2, 0.25) is 0 Å². The smallest absolute Gasteiger partial charge is 0.305 e. The second-order valence-corrected chi connectivity index (χ2v) is 7.04. The Morgan fingerprint density at radius 1 is 1.42 bits per heavy atom. The fourth-order valence-corrected chi connectivity index (χ4v) is 3.69. The van der Waals surface area contributed by atoms with Crippen LogP contribution in [0, 0.1) is 0 Å². The number of thiocarbonyl (C=S) groups is 1. The first-order valence-electron chi connectivity index (χ1n) is 7.47. The first-order chi connectivity index (χ1) is 12.4. The predicted octanol–water partition coefficient (Wildman–Crippen LogP) is 2.48. The minimum Gasteiger partial charge on any atom is -0.497 e. The molecule has 1 N–H and O–H groups in total. The molecule has 0 aliphatic carbocycles. The van der Waals surface area contributed by atoms with Crippen LogP contribution in [-0.4, -0.2) is 39.9 Å². The van der Waals surface area contributed by atoms with Gasteiger partial charge in [0.05, 0.1) is 29.4 Å². The fourth-order valence-electron chi connectivity index (χ4n) is 2.39. The molecule has 2 aromatic rings. The summed E-state index contributed by atoms with van der Waals surface area (Å²) in [5.74, 6) is -0.930. The molecule has 0 unspecified atom stereocenters. The molecule has 0 spiro atoms. The molecule has 1 aliphatic rings. The number of rotatable bonds is 5. The van der Waals surface area contributed by atoms with E-state index in [9.17, 15) is 14.4 Å². The Bertz CT molecular complexity index is 1010. The molecular formula is C17H13NO6S2. The number of carbonyl (C=O) groups excluding carboxylic acids is 1. The van der Waals surface area contributed by atoms with Crippen molar-refractivity contribution in [3.05, 3.63) is 45.2 Å². The Labute approximate surface area is 157 Å². The Hall–Kier alpha value is -2.65. The van der Waals surface area contributed by atoms with Gasteiger partial charge < -0.3 is 14.3 Å². The molecule has 0 atom stereocenters. The van der Waals surface area contributed by atoms with Gasteiger partial charge in [-0.05, 0) is 24.3 Å². The van der Waals surface area contributed by atoms with Gasteiger partial charge in [0.15, 0.2) is 5.43 Å². The standard InChI is InChI=1S/C17H13NO6S2/c1-23-10-2-3-12-11(7-10)15(21)9(8-24-12)6-13-16(22)18(17(25)26-13)5-4-14(19)20/h2-3,6-8H,4-5H2,1H3,(H,19,20)/b13-6-. The van der Waals surface area contributed by atoms with Gasteiger partial charge in [0, 0.05) is 6.54 Å². The van der Waals surface area contributed by atoms with Crippen molar-refractivity contribution in [2.24, 2.45) is 0 Å². The van der Waals surface area contributed by atoms with E-state index in [1.54, 1.807) is 18.2 Å². The molecule has 1 saturated heterocycles. The van der Waals surface area contributed by atoms with E-state index >= 15 is 0 Å². The summed E-state index contributed by atoms with van der Waals surface area (Å²) >= 11 is 6.14. The minimum atomic E-state index is -1.02. The summed E-state index contributed by atoms with van der Waals surface area (Å²) in [7, 11) is 1.50. The van der Waals surface area contributed by atoms with Gasteiger partial charge in [-0.15, -0.1) is 0 Å². The van der Waals surface area contributed by atoms with E-state index in [2.05, 4.69) is 0 Å². The van der Waals surface area contributed by atoms with Gasteiger partial charge in [-0.1, -0.05) is 24.0 Å². The number of hydrogen-bond donors (Lipinski definition) is 1. The van der Waals surface area contributed by atoms with E-state index in [-0.39, 0.29) is 33.2 Å². The van der Waals surface area contributed by atoms with Gasteiger partial charge in [-0.25, -0.2) is 0 Å². The van der Waals surface area contributed by atoms with Gasteiger partial charge in [0.1, 0.15) is 21.9 Å². The number of benzene rings is 1. The normalized spacial score (nSPS) is 15.9. The predicted molar refractivity (Wildman–Crippen MR) is 101 cm³/mol. The van der Waals surface area contributed by atoms with Crippen molar-refractivity contribution in [3.8, 4) is 5.75 Å². The van der Waals surface area contributed by atoms with Crippen LogP contribution in [-0.2, 0) is 9.59 Å². The molecule has 1 aliphatic heterocycles. The maximum atomic E-state index is 12.7. The van der Waals surface area contributed by atoms with E-state index in [0.29, 0.717) is 16.7 Å². The Morgan fingerprint density at radius 3 is 2.88 bits per heavy atom. The maximum absolute atomic E-state index is 12.7. The number of hydrogen-bond acceptors (Lipinski definition) is 7. The number of fused-ring (bicyclic) bond motifs is 1. The lowest BCUT2D eigenvalue weighted by Gasteiger charge is -2.12. The van der Waals surface area contributed by atoms with E-state index in [4.69, 9.17) is 26.5 Å². The molecule has 9 heteroatoms. The highest BCUT2D eigenvalue weighted by Crippen LogP contribution is 2.32. The first kappa shape index (κ1) is 18.2. The lowest BCUT2D eigenvalue weighted by Crippen LogP contribution is -2.30. The second-order valence-electron chi connectivity index (χ2n) is 5.36. The molecule has 2 heterocycles. The third kappa shape index (κ3) is 3.49. The van der Waals surface area contributed by atoms with Crippen molar-refractivity contribution in [2.45, 2.75) is 6.42 Å². The highest BCUT2D eigenvalue weighted by molar-refractivity contribution is 8.26. The van der Waals surface area contributed by atoms with Crippen molar-refractivity contribution in [3.63, 3.8) is 0 Å². The molecule has 3 rings (SSSR count). The molecule has 7 nitrogen and oxygen atoms in total. The van der Waals surface area contributed by atoms with Crippen LogP contribution in [0.4, 0.5) is 0 Å². The van der Waals surface area contributed by atoms with Crippen LogP contribution in [0.5, 0.6) is 5.75 Å². The Balaban J connectivity index is 1.96. The average Bonchev–Trinajstić information content (AvgIpc) is 2.88. The summed E-state index contributed by atoms with van der Waals surface area (Å²) in [5, 5.41) is 9.09. The highest BCUT2D eigenvalue weighted by atomic mass is 32.2. The number of methoxy groups -OCH3 is 1.